The van der Waals surface area contributed by atoms with Crippen molar-refractivity contribution in [2.24, 2.45) is 0 Å². The molecule has 0 fully saturated rings. The lowest BCUT2D eigenvalue weighted by molar-refractivity contribution is 0.240. The minimum absolute atomic E-state index is 0.207. The third kappa shape index (κ3) is 11.6. The van der Waals surface area contributed by atoms with Crippen LogP contribution in [0.5, 0.6) is 5.75 Å². The molecule has 0 N–H and O–H groups in total. The molecule has 0 aliphatic heterocycles. The van der Waals surface area contributed by atoms with Gasteiger partial charge in [0.15, 0.2) is 0 Å². The molecule has 5 heteroatoms. The van der Waals surface area contributed by atoms with E-state index >= 15 is 0 Å². The Labute approximate surface area is 159 Å². The highest BCUT2D eigenvalue weighted by Gasteiger charge is 2.27. The van der Waals surface area contributed by atoms with Crippen LogP contribution in [0.25, 0.3) is 0 Å². The van der Waals surface area contributed by atoms with E-state index in [0.29, 0.717) is 6.61 Å². The lowest BCUT2D eigenvalue weighted by atomic mass is 10.1. The van der Waals surface area contributed by atoms with Crippen LogP contribution in [-0.2, 0) is 4.43 Å². The first-order chi connectivity index (χ1) is 12.4. The molecule has 0 saturated carbocycles. The van der Waals surface area contributed by atoms with Crippen molar-refractivity contribution in [1.82, 2.24) is 0 Å². The van der Waals surface area contributed by atoms with E-state index in [1.165, 1.54) is 69.9 Å². The van der Waals surface area contributed by atoms with Crippen molar-refractivity contribution in [3.8, 4) is 5.75 Å². The van der Waals surface area contributed by atoms with Gasteiger partial charge in [0.25, 0.3) is 0 Å². The highest BCUT2D eigenvalue weighted by molar-refractivity contribution is 6.65. The lowest BCUT2D eigenvalue weighted by Crippen LogP contribution is -2.38. The Kier molecular flexibility index (Phi) is 11.8. The summed E-state index contributed by atoms with van der Waals surface area (Å²) in [6.45, 7) is 6.69. The van der Waals surface area contributed by atoms with Gasteiger partial charge in [-0.1, -0.05) is 71.1 Å². The summed E-state index contributed by atoms with van der Waals surface area (Å²) < 4.78 is 38.0. The van der Waals surface area contributed by atoms with E-state index in [9.17, 15) is 8.78 Å². The SMILES string of the molecule is CCCCCCCCCCCCCO[Si](C)(C)Oc1cc(F)cc(F)c1. The Bertz CT molecular complexity index is 475. The quantitative estimate of drug-likeness (QED) is 0.231. The molecule has 2 nitrogen and oxygen atoms in total. The maximum Gasteiger partial charge on any atom is 0.392 e. The Balaban J connectivity index is 2.04. The van der Waals surface area contributed by atoms with Crippen LogP contribution in [0.1, 0.15) is 77.6 Å². The van der Waals surface area contributed by atoms with Gasteiger partial charge in [-0.15, -0.1) is 0 Å². The highest BCUT2D eigenvalue weighted by Crippen LogP contribution is 2.20. The first-order valence-electron chi connectivity index (χ1n) is 10.2. The molecule has 0 aromatic heterocycles. The molecule has 0 unspecified atom stereocenters. The normalized spacial score (nSPS) is 11.7. The molecule has 1 aromatic rings. The third-order valence-corrected chi connectivity index (χ3v) is 6.02. The van der Waals surface area contributed by atoms with Crippen molar-refractivity contribution >= 4 is 8.56 Å². The summed E-state index contributed by atoms with van der Waals surface area (Å²) >= 11 is 0. The number of benzene rings is 1. The number of halogens is 2. The van der Waals surface area contributed by atoms with E-state index < -0.39 is 20.2 Å². The van der Waals surface area contributed by atoms with Gasteiger partial charge in [-0.2, -0.15) is 0 Å². The van der Waals surface area contributed by atoms with Gasteiger partial charge in [-0.3, -0.25) is 0 Å². The van der Waals surface area contributed by atoms with E-state index in [4.69, 9.17) is 8.85 Å². The monoisotopic (exact) mass is 386 g/mol. The third-order valence-electron chi connectivity index (χ3n) is 4.40. The van der Waals surface area contributed by atoms with Crippen LogP contribution in [0.3, 0.4) is 0 Å². The van der Waals surface area contributed by atoms with Crippen LogP contribution in [0.15, 0.2) is 18.2 Å². The number of unbranched alkanes of at least 4 members (excludes halogenated alkanes) is 10. The largest absolute Gasteiger partial charge is 0.520 e. The van der Waals surface area contributed by atoms with Gasteiger partial charge in [0, 0.05) is 24.8 Å². The van der Waals surface area contributed by atoms with Crippen LogP contribution in [0, 0.1) is 11.6 Å². The molecule has 0 amide bonds. The molecule has 0 atom stereocenters. The Morgan fingerprint density at radius 3 is 1.69 bits per heavy atom. The Hall–Kier alpha value is -0.943. The van der Waals surface area contributed by atoms with Crippen LogP contribution in [0.4, 0.5) is 8.78 Å². The van der Waals surface area contributed by atoms with E-state index in [1.807, 2.05) is 13.1 Å². The summed E-state index contributed by atoms with van der Waals surface area (Å²) in [7, 11) is -2.42. The van der Waals surface area contributed by atoms with Crippen molar-refractivity contribution in [3.63, 3.8) is 0 Å². The topological polar surface area (TPSA) is 18.5 Å². The zero-order valence-corrected chi connectivity index (χ0v) is 17.8. The molecular weight excluding hydrogens is 350 g/mol. The molecular formula is C21H36F2O2Si. The molecule has 0 aliphatic rings. The fourth-order valence-corrected chi connectivity index (χ4v) is 4.37. The summed E-state index contributed by atoms with van der Waals surface area (Å²) in [6, 6.07) is 3.24. The minimum Gasteiger partial charge on any atom is -0.520 e. The van der Waals surface area contributed by atoms with Crippen molar-refractivity contribution in [3.05, 3.63) is 29.8 Å². The fourth-order valence-electron chi connectivity index (χ4n) is 2.98. The standard InChI is InChI=1S/C21H36F2O2Si/c1-4-5-6-7-8-9-10-11-12-13-14-15-24-26(2,3)25-21-17-19(22)16-20(23)18-21/h16-18H,4-15H2,1-3H3. The van der Waals surface area contributed by atoms with Gasteiger partial charge >= 0.3 is 8.56 Å². The van der Waals surface area contributed by atoms with Gasteiger partial charge in [-0.05, 0) is 19.5 Å². The van der Waals surface area contributed by atoms with Gasteiger partial charge in [0.05, 0.1) is 0 Å². The number of rotatable bonds is 15. The maximum atomic E-state index is 13.2. The van der Waals surface area contributed by atoms with Crippen molar-refractivity contribution in [2.75, 3.05) is 6.61 Å². The Morgan fingerprint density at radius 2 is 1.19 bits per heavy atom. The van der Waals surface area contributed by atoms with E-state index in [1.54, 1.807) is 0 Å². The van der Waals surface area contributed by atoms with Crippen molar-refractivity contribution in [2.45, 2.75) is 90.6 Å². The molecule has 0 radical (unpaired) electrons. The second-order valence-electron chi connectivity index (χ2n) is 7.49. The van der Waals surface area contributed by atoms with E-state index in [2.05, 4.69) is 6.92 Å². The average Bonchev–Trinajstić information content (AvgIpc) is 2.54. The smallest absolute Gasteiger partial charge is 0.392 e. The first kappa shape index (κ1) is 23.1. The molecule has 26 heavy (non-hydrogen) atoms. The number of hydrogen-bond donors (Lipinski definition) is 0. The van der Waals surface area contributed by atoms with E-state index in [-0.39, 0.29) is 5.75 Å². The zero-order valence-electron chi connectivity index (χ0n) is 16.8. The number of hydrogen-bond acceptors (Lipinski definition) is 2. The van der Waals surface area contributed by atoms with Gasteiger partial charge < -0.3 is 8.85 Å². The summed E-state index contributed by atoms with van der Waals surface area (Å²) in [5.41, 5.74) is 0. The molecule has 0 heterocycles. The highest BCUT2D eigenvalue weighted by atomic mass is 28.4. The maximum absolute atomic E-state index is 13.2. The predicted octanol–water partition coefficient (Wildman–Crippen LogP) is 7.37. The van der Waals surface area contributed by atoms with Crippen LogP contribution in [0.2, 0.25) is 13.1 Å². The lowest BCUT2D eigenvalue weighted by Gasteiger charge is -2.24. The van der Waals surface area contributed by atoms with Gasteiger partial charge in [0.1, 0.15) is 17.4 Å². The second-order valence-corrected chi connectivity index (χ2v) is 10.8. The van der Waals surface area contributed by atoms with Gasteiger partial charge in [0.2, 0.25) is 0 Å². The summed E-state index contributed by atoms with van der Waals surface area (Å²) in [5.74, 6) is -1.05. The van der Waals surface area contributed by atoms with Crippen LogP contribution < -0.4 is 4.43 Å². The summed E-state index contributed by atoms with van der Waals surface area (Å²) in [5, 5.41) is 0. The molecule has 0 aliphatic carbocycles. The fraction of sp³-hybridized carbons (Fsp3) is 0.714. The summed E-state index contributed by atoms with van der Waals surface area (Å²) in [6.07, 6.45) is 14.2. The molecule has 1 aromatic carbocycles. The van der Waals surface area contributed by atoms with Crippen LogP contribution in [-0.4, -0.2) is 15.2 Å². The molecule has 0 bridgehead atoms. The van der Waals surface area contributed by atoms with Crippen molar-refractivity contribution < 1.29 is 17.6 Å². The molecule has 150 valence electrons. The van der Waals surface area contributed by atoms with Gasteiger partial charge in [-0.25, -0.2) is 8.78 Å². The first-order valence-corrected chi connectivity index (χ1v) is 13.0. The Morgan fingerprint density at radius 1 is 0.731 bits per heavy atom. The second kappa shape index (κ2) is 13.3. The van der Waals surface area contributed by atoms with Crippen LogP contribution >= 0.6 is 0 Å². The zero-order chi connectivity index (χ0) is 19.3. The van der Waals surface area contributed by atoms with E-state index in [0.717, 1.165) is 18.9 Å². The molecule has 1 rings (SSSR count). The average molecular weight is 387 g/mol. The van der Waals surface area contributed by atoms with Crippen molar-refractivity contribution in [1.29, 1.82) is 0 Å². The minimum atomic E-state index is -2.42. The molecule has 0 spiro atoms. The molecule has 0 saturated heterocycles. The summed E-state index contributed by atoms with van der Waals surface area (Å²) in [4.78, 5) is 0. The predicted molar refractivity (Wildman–Crippen MR) is 107 cm³/mol.